The van der Waals surface area contributed by atoms with E-state index in [1.807, 2.05) is 6.07 Å². The lowest BCUT2D eigenvalue weighted by Crippen LogP contribution is -2.16. The minimum atomic E-state index is -3.98. The molecule has 0 fully saturated rings. The first-order valence-corrected chi connectivity index (χ1v) is 8.12. The van der Waals surface area contributed by atoms with E-state index in [0.717, 1.165) is 0 Å². The third kappa shape index (κ3) is 3.44. The first-order chi connectivity index (χ1) is 9.83. The van der Waals surface area contributed by atoms with Crippen molar-refractivity contribution >= 4 is 49.1 Å². The Labute approximate surface area is 134 Å². The Hall–Kier alpha value is -1.82. The van der Waals surface area contributed by atoms with E-state index < -0.39 is 10.0 Å². The maximum absolute atomic E-state index is 12.3. The Morgan fingerprint density at radius 1 is 1.38 bits per heavy atom. The molecule has 1 aromatic heterocycles. The molecule has 0 bridgehead atoms. The Kier molecular flexibility index (Phi) is 4.37. The first kappa shape index (κ1) is 15.6. The Morgan fingerprint density at radius 3 is 2.76 bits per heavy atom. The zero-order chi connectivity index (χ0) is 15.6. The molecule has 0 saturated heterocycles. The minimum Gasteiger partial charge on any atom is -0.383 e. The van der Waals surface area contributed by atoms with Gasteiger partial charge in [-0.05, 0) is 40.2 Å². The summed E-state index contributed by atoms with van der Waals surface area (Å²) >= 11 is 9.06. The molecule has 1 heterocycles. The van der Waals surface area contributed by atoms with Crippen molar-refractivity contribution in [1.29, 1.82) is 5.26 Å². The van der Waals surface area contributed by atoms with Crippen molar-refractivity contribution in [3.05, 3.63) is 45.5 Å². The van der Waals surface area contributed by atoms with Gasteiger partial charge in [0.05, 0.1) is 22.3 Å². The molecule has 21 heavy (non-hydrogen) atoms. The number of sulfonamides is 1. The average molecular weight is 388 g/mol. The molecule has 0 radical (unpaired) electrons. The van der Waals surface area contributed by atoms with Gasteiger partial charge < -0.3 is 5.73 Å². The van der Waals surface area contributed by atoms with Crippen molar-refractivity contribution < 1.29 is 8.42 Å². The highest BCUT2D eigenvalue weighted by atomic mass is 79.9. The van der Waals surface area contributed by atoms with Crippen LogP contribution in [0.1, 0.15) is 5.56 Å². The lowest BCUT2D eigenvalue weighted by molar-refractivity contribution is 0.601. The number of nitriles is 1. The van der Waals surface area contributed by atoms with Gasteiger partial charge >= 0.3 is 0 Å². The second-order valence-corrected chi connectivity index (χ2v) is 6.92. The molecule has 0 aliphatic rings. The molecule has 0 unspecified atom stereocenters. The predicted molar refractivity (Wildman–Crippen MR) is 83.3 cm³/mol. The van der Waals surface area contributed by atoms with Gasteiger partial charge in [-0.1, -0.05) is 11.6 Å². The summed E-state index contributed by atoms with van der Waals surface area (Å²) in [6.07, 6.45) is 1.39. The summed E-state index contributed by atoms with van der Waals surface area (Å²) in [6, 6.07) is 7.48. The predicted octanol–water partition coefficient (Wildman–Crippen LogP) is 2.75. The van der Waals surface area contributed by atoms with Gasteiger partial charge in [-0.3, -0.25) is 4.72 Å². The van der Waals surface area contributed by atoms with Crippen LogP contribution in [0.4, 0.5) is 11.5 Å². The number of nitrogens with two attached hydrogens (primary N) is 1. The Morgan fingerprint density at radius 2 is 2.10 bits per heavy atom. The van der Waals surface area contributed by atoms with Crippen molar-refractivity contribution in [1.82, 2.24) is 4.98 Å². The zero-order valence-corrected chi connectivity index (χ0v) is 13.5. The molecule has 2 rings (SSSR count). The number of nitrogens with one attached hydrogen (secondary N) is 1. The van der Waals surface area contributed by atoms with E-state index in [-0.39, 0.29) is 27.0 Å². The van der Waals surface area contributed by atoms with Crippen molar-refractivity contribution in [2.24, 2.45) is 0 Å². The van der Waals surface area contributed by atoms with E-state index >= 15 is 0 Å². The van der Waals surface area contributed by atoms with E-state index in [9.17, 15) is 8.42 Å². The van der Waals surface area contributed by atoms with Gasteiger partial charge in [0.2, 0.25) is 0 Å². The number of nitrogen functional groups attached to an aromatic ring is 1. The highest BCUT2D eigenvalue weighted by Gasteiger charge is 2.20. The fourth-order valence-electron chi connectivity index (χ4n) is 1.52. The number of rotatable bonds is 3. The first-order valence-electron chi connectivity index (χ1n) is 5.47. The third-order valence-electron chi connectivity index (χ3n) is 2.48. The van der Waals surface area contributed by atoms with E-state index in [4.69, 9.17) is 22.6 Å². The van der Waals surface area contributed by atoms with Gasteiger partial charge in [-0.25, -0.2) is 13.4 Å². The zero-order valence-electron chi connectivity index (χ0n) is 10.3. The van der Waals surface area contributed by atoms with Gasteiger partial charge in [0.1, 0.15) is 10.7 Å². The van der Waals surface area contributed by atoms with Crippen LogP contribution in [0.15, 0.2) is 39.8 Å². The summed E-state index contributed by atoms with van der Waals surface area (Å²) in [5.74, 6) is -0.140. The summed E-state index contributed by atoms with van der Waals surface area (Å²) in [6.45, 7) is 0. The minimum absolute atomic E-state index is 0.0927. The summed E-state index contributed by atoms with van der Waals surface area (Å²) < 4.78 is 27.4. The van der Waals surface area contributed by atoms with Gasteiger partial charge in [0.25, 0.3) is 10.0 Å². The van der Waals surface area contributed by atoms with Crippen LogP contribution in [0.3, 0.4) is 0 Å². The van der Waals surface area contributed by atoms with Crippen molar-refractivity contribution in [3.63, 3.8) is 0 Å². The number of aromatic nitrogens is 1. The third-order valence-corrected chi connectivity index (χ3v) is 4.64. The molecular weight excluding hydrogens is 380 g/mol. The molecule has 0 aliphatic carbocycles. The lowest BCUT2D eigenvalue weighted by Gasteiger charge is -2.11. The van der Waals surface area contributed by atoms with Crippen LogP contribution in [-0.2, 0) is 10.0 Å². The van der Waals surface area contributed by atoms with E-state index in [2.05, 4.69) is 25.6 Å². The maximum Gasteiger partial charge on any atom is 0.265 e. The second-order valence-electron chi connectivity index (χ2n) is 3.95. The quantitative estimate of drug-likeness (QED) is 0.841. The highest BCUT2D eigenvalue weighted by Crippen LogP contribution is 2.28. The second kappa shape index (κ2) is 5.89. The van der Waals surface area contributed by atoms with Crippen LogP contribution in [0.25, 0.3) is 0 Å². The maximum atomic E-state index is 12.3. The molecule has 0 spiro atoms. The van der Waals surface area contributed by atoms with Gasteiger partial charge in [-0.15, -0.1) is 0 Å². The van der Waals surface area contributed by atoms with Crippen LogP contribution in [0.5, 0.6) is 0 Å². The van der Waals surface area contributed by atoms with Gasteiger partial charge in [0, 0.05) is 10.7 Å². The Bertz CT molecular complexity index is 849. The lowest BCUT2D eigenvalue weighted by atomic mass is 10.2. The molecule has 9 heteroatoms. The summed E-state index contributed by atoms with van der Waals surface area (Å²) in [4.78, 5) is 3.58. The molecule has 0 aliphatic heterocycles. The molecule has 0 saturated carbocycles. The van der Waals surface area contributed by atoms with Gasteiger partial charge in [-0.2, -0.15) is 5.26 Å². The van der Waals surface area contributed by atoms with Crippen LogP contribution in [-0.4, -0.2) is 13.4 Å². The Balaban J connectivity index is 2.47. The smallest absolute Gasteiger partial charge is 0.265 e. The fourth-order valence-corrected chi connectivity index (χ4v) is 3.40. The van der Waals surface area contributed by atoms with E-state index in [0.29, 0.717) is 4.47 Å². The fraction of sp³-hybridized carbons (Fsp3) is 0. The summed E-state index contributed by atoms with van der Waals surface area (Å²) in [5, 5.41) is 9.01. The summed E-state index contributed by atoms with van der Waals surface area (Å²) in [5.41, 5.74) is 5.95. The molecule has 2 aromatic rings. The van der Waals surface area contributed by atoms with E-state index in [1.165, 1.54) is 30.5 Å². The van der Waals surface area contributed by atoms with E-state index in [1.54, 1.807) is 0 Å². The number of halogens is 2. The molecule has 0 amide bonds. The largest absolute Gasteiger partial charge is 0.383 e. The number of nitrogens with zero attached hydrogens (tertiary/aromatic N) is 2. The topological polar surface area (TPSA) is 109 Å². The van der Waals surface area contributed by atoms with Crippen molar-refractivity contribution in [2.45, 2.75) is 4.90 Å². The normalized spacial score (nSPS) is 10.9. The van der Waals surface area contributed by atoms with Crippen LogP contribution < -0.4 is 10.5 Å². The molecular formula is C12H8BrClN4O2S. The number of pyridine rings is 1. The average Bonchev–Trinajstić information content (AvgIpc) is 2.43. The standard InChI is InChI=1S/C12H8BrClN4O2S/c13-8-4-11(12(16)17-6-8)21(19,20)18-10-3-7(5-15)1-2-9(10)14/h1-4,6,18H,(H2,16,17). The summed E-state index contributed by atoms with van der Waals surface area (Å²) in [7, 11) is -3.98. The molecule has 6 nitrogen and oxygen atoms in total. The SMILES string of the molecule is N#Cc1ccc(Cl)c(NS(=O)(=O)c2cc(Br)cnc2N)c1. The number of benzene rings is 1. The molecule has 0 atom stereocenters. The van der Waals surface area contributed by atoms with Crippen LogP contribution in [0, 0.1) is 11.3 Å². The molecule has 1 aromatic carbocycles. The van der Waals surface area contributed by atoms with Gasteiger partial charge in [0.15, 0.2) is 0 Å². The number of hydrogen-bond acceptors (Lipinski definition) is 5. The molecule has 108 valence electrons. The van der Waals surface area contributed by atoms with Crippen LogP contribution in [0.2, 0.25) is 5.02 Å². The highest BCUT2D eigenvalue weighted by molar-refractivity contribution is 9.10. The number of anilines is 2. The van der Waals surface area contributed by atoms with Crippen molar-refractivity contribution in [2.75, 3.05) is 10.5 Å². The monoisotopic (exact) mass is 386 g/mol. The van der Waals surface area contributed by atoms with Crippen molar-refractivity contribution in [3.8, 4) is 6.07 Å². The van der Waals surface area contributed by atoms with Crippen LogP contribution >= 0.6 is 27.5 Å². The number of hydrogen-bond donors (Lipinski definition) is 2. The molecule has 3 N–H and O–H groups in total.